The maximum absolute atomic E-state index is 12.1. The highest BCUT2D eigenvalue weighted by Gasteiger charge is 2.17. The summed E-state index contributed by atoms with van der Waals surface area (Å²) in [5, 5.41) is 14.1. The Kier molecular flexibility index (Phi) is 7.38. The molecule has 1 saturated heterocycles. The van der Waals surface area contributed by atoms with Gasteiger partial charge < -0.3 is 19.7 Å². The number of ether oxygens (including phenoxy) is 2. The molecule has 1 fully saturated rings. The smallest absolute Gasteiger partial charge is 0.311 e. The topological polar surface area (TPSA) is 107 Å². The molecule has 0 radical (unpaired) electrons. The highest BCUT2D eigenvalue weighted by molar-refractivity contribution is 8.01. The van der Waals surface area contributed by atoms with Gasteiger partial charge in [-0.3, -0.25) is 9.59 Å². The Morgan fingerprint density at radius 2 is 2.19 bits per heavy atom. The van der Waals surface area contributed by atoms with E-state index >= 15 is 0 Å². The van der Waals surface area contributed by atoms with E-state index < -0.39 is 0 Å². The number of aromatic nitrogens is 3. The number of thioether (sulfide) groups is 1. The molecule has 12 heteroatoms. The van der Waals surface area contributed by atoms with E-state index in [0.717, 1.165) is 22.6 Å². The number of amides is 1. The second-order valence-electron chi connectivity index (χ2n) is 5.41. The number of rotatable bonds is 8. The van der Waals surface area contributed by atoms with E-state index in [1.807, 2.05) is 0 Å². The van der Waals surface area contributed by atoms with Crippen LogP contribution >= 0.6 is 34.4 Å². The van der Waals surface area contributed by atoms with Gasteiger partial charge in [0.2, 0.25) is 11.0 Å². The number of anilines is 2. The number of morpholine rings is 1. The summed E-state index contributed by atoms with van der Waals surface area (Å²) in [5.41, 5.74) is 0.584. The SMILES string of the molecule is CCOC(=O)Cc1csc(NC(=O)CSc2nnc(N3CCOCC3)s2)n1. The molecule has 0 saturated carbocycles. The molecule has 0 aromatic carbocycles. The summed E-state index contributed by atoms with van der Waals surface area (Å²) in [6.07, 6.45) is 0.101. The predicted molar refractivity (Wildman–Crippen MR) is 105 cm³/mol. The molecule has 1 amide bonds. The highest BCUT2D eigenvalue weighted by Crippen LogP contribution is 2.28. The van der Waals surface area contributed by atoms with E-state index in [2.05, 4.69) is 25.4 Å². The van der Waals surface area contributed by atoms with Crippen LogP contribution in [0.5, 0.6) is 0 Å². The van der Waals surface area contributed by atoms with Gasteiger partial charge in [0.05, 0.1) is 37.7 Å². The molecule has 3 rings (SSSR count). The Bertz CT molecular complexity index is 775. The average molecular weight is 430 g/mol. The van der Waals surface area contributed by atoms with Gasteiger partial charge in [-0.2, -0.15) is 0 Å². The normalized spacial score (nSPS) is 14.2. The molecule has 0 spiro atoms. The number of carbonyl (C=O) groups is 2. The fraction of sp³-hybridized carbons (Fsp3) is 0.533. The summed E-state index contributed by atoms with van der Waals surface area (Å²) < 4.78 is 11.0. The van der Waals surface area contributed by atoms with Crippen molar-refractivity contribution in [1.82, 2.24) is 15.2 Å². The van der Waals surface area contributed by atoms with Gasteiger partial charge in [0.1, 0.15) is 0 Å². The first kappa shape index (κ1) is 20.0. The zero-order chi connectivity index (χ0) is 19.1. The van der Waals surface area contributed by atoms with Crippen molar-refractivity contribution in [3.63, 3.8) is 0 Å². The van der Waals surface area contributed by atoms with Crippen LogP contribution in [0, 0.1) is 0 Å². The minimum Gasteiger partial charge on any atom is -0.466 e. The summed E-state index contributed by atoms with van der Waals surface area (Å²) in [6, 6.07) is 0. The number of esters is 1. The maximum Gasteiger partial charge on any atom is 0.311 e. The molecule has 0 unspecified atom stereocenters. The second-order valence-corrected chi connectivity index (χ2v) is 8.45. The van der Waals surface area contributed by atoms with Crippen LogP contribution < -0.4 is 10.2 Å². The predicted octanol–water partition coefficient (Wildman–Crippen LogP) is 1.67. The van der Waals surface area contributed by atoms with E-state index in [1.54, 1.807) is 12.3 Å². The molecule has 1 aliphatic heterocycles. The van der Waals surface area contributed by atoms with Crippen LogP contribution in [-0.2, 0) is 25.5 Å². The Labute approximate surface area is 168 Å². The van der Waals surface area contributed by atoms with Gasteiger partial charge in [0.25, 0.3) is 0 Å². The molecule has 1 aliphatic rings. The van der Waals surface area contributed by atoms with Crippen molar-refractivity contribution < 1.29 is 19.1 Å². The van der Waals surface area contributed by atoms with Gasteiger partial charge in [0.15, 0.2) is 9.47 Å². The summed E-state index contributed by atoms with van der Waals surface area (Å²) in [4.78, 5) is 29.9. The van der Waals surface area contributed by atoms with E-state index in [0.29, 0.717) is 30.6 Å². The van der Waals surface area contributed by atoms with E-state index in [-0.39, 0.29) is 24.1 Å². The maximum atomic E-state index is 12.1. The van der Waals surface area contributed by atoms with Gasteiger partial charge in [-0.15, -0.1) is 21.5 Å². The van der Waals surface area contributed by atoms with Crippen LogP contribution in [0.25, 0.3) is 0 Å². The second kappa shape index (κ2) is 9.97. The molecule has 0 atom stereocenters. The highest BCUT2D eigenvalue weighted by atomic mass is 32.2. The van der Waals surface area contributed by atoms with Crippen molar-refractivity contribution in [1.29, 1.82) is 0 Å². The van der Waals surface area contributed by atoms with Crippen molar-refractivity contribution in [3.8, 4) is 0 Å². The van der Waals surface area contributed by atoms with Crippen LogP contribution in [0.4, 0.5) is 10.3 Å². The summed E-state index contributed by atoms with van der Waals surface area (Å²) in [6.45, 7) is 5.08. The Hall–Kier alpha value is -1.76. The third kappa shape index (κ3) is 6.13. The first-order chi connectivity index (χ1) is 13.1. The molecule has 27 heavy (non-hydrogen) atoms. The van der Waals surface area contributed by atoms with Crippen LogP contribution in [0.3, 0.4) is 0 Å². The number of hydrogen-bond acceptors (Lipinski definition) is 11. The van der Waals surface area contributed by atoms with Gasteiger partial charge in [-0.25, -0.2) is 4.98 Å². The van der Waals surface area contributed by atoms with Gasteiger partial charge in [-0.05, 0) is 6.92 Å². The van der Waals surface area contributed by atoms with Crippen LogP contribution in [0.15, 0.2) is 9.72 Å². The van der Waals surface area contributed by atoms with Crippen molar-refractivity contribution in [2.45, 2.75) is 17.7 Å². The first-order valence-electron chi connectivity index (χ1n) is 8.33. The fourth-order valence-electron chi connectivity index (χ4n) is 2.23. The molecule has 0 aliphatic carbocycles. The minimum atomic E-state index is -0.330. The van der Waals surface area contributed by atoms with Crippen LogP contribution in [0.1, 0.15) is 12.6 Å². The minimum absolute atomic E-state index is 0.101. The van der Waals surface area contributed by atoms with Crippen molar-refractivity contribution >= 4 is 56.6 Å². The molecular formula is C15H19N5O4S3. The lowest BCUT2D eigenvalue weighted by atomic mass is 10.3. The van der Waals surface area contributed by atoms with E-state index in [9.17, 15) is 9.59 Å². The quantitative estimate of drug-likeness (QED) is 0.495. The molecule has 9 nitrogen and oxygen atoms in total. The lowest BCUT2D eigenvalue weighted by Crippen LogP contribution is -2.36. The van der Waals surface area contributed by atoms with Gasteiger partial charge in [0, 0.05) is 18.5 Å². The lowest BCUT2D eigenvalue weighted by molar-refractivity contribution is -0.142. The van der Waals surface area contributed by atoms with Crippen molar-refractivity contribution in [2.24, 2.45) is 0 Å². The van der Waals surface area contributed by atoms with E-state index in [4.69, 9.17) is 9.47 Å². The monoisotopic (exact) mass is 429 g/mol. The number of nitrogens with one attached hydrogen (secondary N) is 1. The van der Waals surface area contributed by atoms with Gasteiger partial charge in [-0.1, -0.05) is 23.1 Å². The van der Waals surface area contributed by atoms with Gasteiger partial charge >= 0.3 is 5.97 Å². The molecule has 2 aromatic rings. The largest absolute Gasteiger partial charge is 0.466 e. The lowest BCUT2D eigenvalue weighted by Gasteiger charge is -2.25. The zero-order valence-corrected chi connectivity index (χ0v) is 17.1. The number of hydrogen-bond donors (Lipinski definition) is 1. The number of thiazole rings is 1. The van der Waals surface area contributed by atoms with Crippen LogP contribution in [0.2, 0.25) is 0 Å². The van der Waals surface area contributed by atoms with Crippen molar-refractivity contribution in [2.75, 3.05) is 48.9 Å². The summed E-state index contributed by atoms with van der Waals surface area (Å²) in [7, 11) is 0. The third-order valence-electron chi connectivity index (χ3n) is 3.43. The average Bonchev–Trinajstić information content (AvgIpc) is 3.30. The van der Waals surface area contributed by atoms with Crippen LogP contribution in [-0.4, -0.2) is 65.7 Å². The molecule has 0 bridgehead atoms. The van der Waals surface area contributed by atoms with Crippen molar-refractivity contribution in [3.05, 3.63) is 11.1 Å². The third-order valence-corrected chi connectivity index (χ3v) is 6.36. The van der Waals surface area contributed by atoms with E-state index in [1.165, 1.54) is 34.4 Å². The summed E-state index contributed by atoms with van der Waals surface area (Å²) in [5.74, 6) is -0.298. The molecule has 3 heterocycles. The Morgan fingerprint density at radius 3 is 2.96 bits per heavy atom. The molecular weight excluding hydrogens is 410 g/mol. The molecule has 1 N–H and O–H groups in total. The zero-order valence-electron chi connectivity index (χ0n) is 14.7. The number of carbonyl (C=O) groups excluding carboxylic acids is 2. The molecule has 2 aromatic heterocycles. The molecule has 146 valence electrons. The first-order valence-corrected chi connectivity index (χ1v) is 11.0. The standard InChI is InChI=1S/C15H19N5O4S3/c1-2-24-12(22)7-10-8-25-13(16-10)17-11(21)9-26-15-19-18-14(27-15)20-3-5-23-6-4-20/h8H,2-7,9H2,1H3,(H,16,17,21). The Balaban J connectivity index is 1.44. The fourth-order valence-corrected chi connectivity index (χ4v) is 4.65. The summed E-state index contributed by atoms with van der Waals surface area (Å²) >= 11 is 4.08. The number of nitrogens with zero attached hydrogens (tertiary/aromatic N) is 4. The Morgan fingerprint density at radius 1 is 1.37 bits per heavy atom.